The lowest BCUT2D eigenvalue weighted by atomic mass is 10.2. The minimum absolute atomic E-state index is 0.493. The highest BCUT2D eigenvalue weighted by atomic mass is 32.1. The number of nitrogens with one attached hydrogen (secondary N) is 1. The van der Waals surface area contributed by atoms with E-state index in [1.54, 1.807) is 17.6 Å². The van der Waals surface area contributed by atoms with Crippen LogP contribution in [0.3, 0.4) is 0 Å². The van der Waals surface area contributed by atoms with Gasteiger partial charge in [0.25, 0.3) is 0 Å². The van der Waals surface area contributed by atoms with E-state index in [-0.39, 0.29) is 0 Å². The molecule has 0 radical (unpaired) electrons. The molecular weight excluding hydrogens is 272 g/mol. The summed E-state index contributed by atoms with van der Waals surface area (Å²) in [4.78, 5) is 8.84. The molecule has 1 aliphatic rings. The fourth-order valence-electron chi connectivity index (χ4n) is 2.38. The second-order valence-electron chi connectivity index (χ2n) is 4.95. The van der Waals surface area contributed by atoms with Crippen LogP contribution >= 0.6 is 11.3 Å². The van der Waals surface area contributed by atoms with E-state index in [0.29, 0.717) is 18.5 Å². The summed E-state index contributed by atoms with van der Waals surface area (Å²) in [5.41, 5.74) is 6.81. The molecule has 0 atom stereocenters. The second-order valence-corrected chi connectivity index (χ2v) is 5.81. The van der Waals surface area contributed by atoms with Crippen molar-refractivity contribution < 1.29 is 4.42 Å². The predicted octanol–water partition coefficient (Wildman–Crippen LogP) is 2.75. The Balaban J connectivity index is 1.57. The van der Waals surface area contributed by atoms with Crippen LogP contribution in [0, 0.1) is 0 Å². The van der Waals surface area contributed by atoms with Crippen molar-refractivity contribution in [3.05, 3.63) is 29.5 Å². The maximum atomic E-state index is 5.90. The van der Waals surface area contributed by atoms with Gasteiger partial charge in [-0.3, -0.25) is 0 Å². The van der Waals surface area contributed by atoms with E-state index in [4.69, 9.17) is 10.2 Å². The first-order valence-corrected chi connectivity index (χ1v) is 7.74. The van der Waals surface area contributed by atoms with Crippen molar-refractivity contribution in [1.29, 1.82) is 0 Å². The molecule has 0 amide bonds. The maximum absolute atomic E-state index is 5.90. The molecular formula is C14H18N4OS. The Morgan fingerprint density at radius 1 is 1.50 bits per heavy atom. The van der Waals surface area contributed by atoms with Crippen LogP contribution < -0.4 is 11.1 Å². The first-order valence-electron chi connectivity index (χ1n) is 6.86. The molecule has 20 heavy (non-hydrogen) atoms. The highest BCUT2D eigenvalue weighted by molar-refractivity contribution is 7.13. The molecule has 1 aliphatic carbocycles. The fraction of sp³-hybridized carbons (Fsp3) is 0.429. The van der Waals surface area contributed by atoms with Gasteiger partial charge in [0, 0.05) is 11.4 Å². The number of hydrogen-bond acceptors (Lipinski definition) is 4. The minimum atomic E-state index is 0.493. The van der Waals surface area contributed by atoms with E-state index in [1.807, 2.05) is 17.5 Å². The summed E-state index contributed by atoms with van der Waals surface area (Å²) in [6, 6.07) is 4.26. The largest absolute Gasteiger partial charge is 0.462 e. The van der Waals surface area contributed by atoms with Crippen molar-refractivity contribution in [2.24, 2.45) is 10.7 Å². The Labute approximate surface area is 121 Å². The Hall–Kier alpha value is -1.82. The molecule has 3 rings (SSSR count). The van der Waals surface area contributed by atoms with Gasteiger partial charge in [0.1, 0.15) is 0 Å². The average Bonchev–Trinajstić information content (AvgIpc) is 3.18. The third kappa shape index (κ3) is 3.19. The fourth-order valence-corrected chi connectivity index (χ4v) is 3.16. The molecule has 0 bridgehead atoms. The number of hydrogen-bond donors (Lipinski definition) is 2. The summed E-state index contributed by atoms with van der Waals surface area (Å²) in [5, 5.41) is 6.14. The van der Waals surface area contributed by atoms with Gasteiger partial charge in [0.2, 0.25) is 0 Å². The molecule has 2 aromatic rings. The molecule has 5 nitrogen and oxygen atoms in total. The van der Waals surface area contributed by atoms with E-state index in [0.717, 1.165) is 16.5 Å². The summed E-state index contributed by atoms with van der Waals surface area (Å²) in [6.45, 7) is 0.503. The SMILES string of the molecule is NC(=NCc1csc(-c2ccco2)n1)NC1CCCC1. The lowest BCUT2D eigenvalue weighted by Gasteiger charge is -2.11. The van der Waals surface area contributed by atoms with Crippen molar-refractivity contribution in [3.8, 4) is 10.8 Å². The van der Waals surface area contributed by atoms with Gasteiger partial charge in [0.05, 0.1) is 18.5 Å². The molecule has 3 N–H and O–H groups in total. The van der Waals surface area contributed by atoms with Crippen LogP contribution in [0.4, 0.5) is 0 Å². The topological polar surface area (TPSA) is 76.4 Å². The Morgan fingerprint density at radius 2 is 2.35 bits per heavy atom. The van der Waals surface area contributed by atoms with E-state index >= 15 is 0 Å². The lowest BCUT2D eigenvalue weighted by molar-refractivity contribution is 0.581. The van der Waals surface area contributed by atoms with E-state index in [1.165, 1.54) is 25.7 Å². The first-order chi connectivity index (χ1) is 9.81. The maximum Gasteiger partial charge on any atom is 0.189 e. The molecule has 0 spiro atoms. The Morgan fingerprint density at radius 3 is 3.10 bits per heavy atom. The highest BCUT2D eigenvalue weighted by Crippen LogP contribution is 2.24. The molecule has 106 valence electrons. The molecule has 6 heteroatoms. The van der Waals surface area contributed by atoms with Crippen molar-refractivity contribution in [2.75, 3.05) is 0 Å². The quantitative estimate of drug-likeness (QED) is 0.670. The zero-order valence-electron chi connectivity index (χ0n) is 11.2. The van der Waals surface area contributed by atoms with Crippen molar-refractivity contribution in [2.45, 2.75) is 38.3 Å². The zero-order chi connectivity index (χ0) is 13.8. The van der Waals surface area contributed by atoms with Crippen LogP contribution in [-0.4, -0.2) is 17.0 Å². The van der Waals surface area contributed by atoms with Gasteiger partial charge in [-0.25, -0.2) is 9.98 Å². The van der Waals surface area contributed by atoms with Gasteiger partial charge >= 0.3 is 0 Å². The van der Waals surface area contributed by atoms with Crippen molar-refractivity contribution in [3.63, 3.8) is 0 Å². The van der Waals surface area contributed by atoms with Crippen LogP contribution in [0.15, 0.2) is 33.2 Å². The summed E-state index contributed by atoms with van der Waals surface area (Å²) in [7, 11) is 0. The average molecular weight is 290 g/mol. The summed E-state index contributed by atoms with van der Waals surface area (Å²) in [6.07, 6.45) is 6.59. The van der Waals surface area contributed by atoms with Gasteiger partial charge in [-0.1, -0.05) is 12.8 Å². The number of aliphatic imine (C=N–C) groups is 1. The molecule has 0 aromatic carbocycles. The number of aromatic nitrogens is 1. The van der Waals surface area contributed by atoms with Gasteiger partial charge < -0.3 is 15.5 Å². The van der Waals surface area contributed by atoms with Gasteiger partial charge in [-0.15, -0.1) is 11.3 Å². The number of guanidine groups is 1. The number of nitrogens with zero attached hydrogens (tertiary/aromatic N) is 2. The van der Waals surface area contributed by atoms with E-state index in [2.05, 4.69) is 15.3 Å². The molecule has 0 unspecified atom stereocenters. The molecule has 0 saturated heterocycles. The Bertz CT molecular complexity index is 570. The predicted molar refractivity (Wildman–Crippen MR) is 80.5 cm³/mol. The molecule has 1 fully saturated rings. The first kappa shape index (κ1) is 13.2. The van der Waals surface area contributed by atoms with Crippen LogP contribution in [0.25, 0.3) is 10.8 Å². The molecule has 0 aliphatic heterocycles. The number of nitrogens with two attached hydrogens (primary N) is 1. The number of thiazole rings is 1. The summed E-state index contributed by atoms with van der Waals surface area (Å²) in [5.74, 6) is 1.31. The third-order valence-electron chi connectivity index (χ3n) is 3.40. The Kier molecular flexibility index (Phi) is 4.01. The van der Waals surface area contributed by atoms with Gasteiger partial charge in [0.15, 0.2) is 16.7 Å². The van der Waals surface area contributed by atoms with Crippen LogP contribution in [0.5, 0.6) is 0 Å². The molecule has 1 saturated carbocycles. The van der Waals surface area contributed by atoms with Crippen LogP contribution in [0.2, 0.25) is 0 Å². The summed E-state index contributed by atoms with van der Waals surface area (Å²) < 4.78 is 5.32. The molecule has 2 aromatic heterocycles. The summed E-state index contributed by atoms with van der Waals surface area (Å²) >= 11 is 1.56. The monoisotopic (exact) mass is 290 g/mol. The second kappa shape index (κ2) is 6.09. The van der Waals surface area contributed by atoms with Crippen molar-refractivity contribution in [1.82, 2.24) is 10.3 Å². The van der Waals surface area contributed by atoms with E-state index < -0.39 is 0 Å². The number of furan rings is 1. The van der Waals surface area contributed by atoms with Gasteiger partial charge in [-0.2, -0.15) is 0 Å². The van der Waals surface area contributed by atoms with Crippen LogP contribution in [-0.2, 0) is 6.54 Å². The normalized spacial score (nSPS) is 16.7. The van der Waals surface area contributed by atoms with Crippen LogP contribution in [0.1, 0.15) is 31.4 Å². The molecule has 2 heterocycles. The number of rotatable bonds is 4. The van der Waals surface area contributed by atoms with Gasteiger partial charge in [-0.05, 0) is 25.0 Å². The minimum Gasteiger partial charge on any atom is -0.462 e. The third-order valence-corrected chi connectivity index (χ3v) is 4.31. The zero-order valence-corrected chi connectivity index (χ0v) is 12.0. The van der Waals surface area contributed by atoms with E-state index in [9.17, 15) is 0 Å². The highest BCUT2D eigenvalue weighted by Gasteiger charge is 2.14. The standard InChI is InChI=1S/C14H18N4OS/c15-14(18-10-4-1-2-5-10)16-8-11-9-20-13(17-11)12-6-3-7-19-12/h3,6-7,9-10H,1-2,4-5,8H2,(H3,15,16,18). The smallest absolute Gasteiger partial charge is 0.189 e. The lowest BCUT2D eigenvalue weighted by Crippen LogP contribution is -2.38. The van der Waals surface area contributed by atoms with Crippen molar-refractivity contribution >= 4 is 17.3 Å².